The summed E-state index contributed by atoms with van der Waals surface area (Å²) in [6.07, 6.45) is 5.48. The first-order chi connectivity index (χ1) is 8.47. The van der Waals surface area contributed by atoms with E-state index in [2.05, 4.69) is 44.8 Å². The van der Waals surface area contributed by atoms with Gasteiger partial charge in [-0.25, -0.2) is 0 Å². The number of hydrogen-bond donors (Lipinski definition) is 1. The van der Waals surface area contributed by atoms with E-state index in [-0.39, 0.29) is 0 Å². The summed E-state index contributed by atoms with van der Waals surface area (Å²) in [5.74, 6) is 0.974. The van der Waals surface area contributed by atoms with Crippen LogP contribution in [0.15, 0.2) is 0 Å². The molecular formula is C16H34N2. The van der Waals surface area contributed by atoms with E-state index in [4.69, 9.17) is 0 Å². The van der Waals surface area contributed by atoms with Crippen LogP contribution in [0, 0.1) is 11.3 Å². The van der Waals surface area contributed by atoms with Crippen molar-refractivity contribution in [3.05, 3.63) is 0 Å². The van der Waals surface area contributed by atoms with Crippen LogP contribution in [0.3, 0.4) is 0 Å². The SMILES string of the molecule is CCCC1CCN(CCC(NCC)C(C)(C)C)C1. The second-order valence-corrected chi connectivity index (χ2v) is 7.01. The Kier molecular flexibility index (Phi) is 6.65. The topological polar surface area (TPSA) is 15.3 Å². The minimum absolute atomic E-state index is 0.374. The van der Waals surface area contributed by atoms with E-state index < -0.39 is 0 Å². The van der Waals surface area contributed by atoms with Crippen molar-refractivity contribution in [2.75, 3.05) is 26.2 Å². The molecule has 0 aliphatic carbocycles. The van der Waals surface area contributed by atoms with E-state index in [0.29, 0.717) is 11.5 Å². The van der Waals surface area contributed by atoms with Gasteiger partial charge in [-0.3, -0.25) is 0 Å². The van der Waals surface area contributed by atoms with Crippen LogP contribution in [-0.4, -0.2) is 37.1 Å². The van der Waals surface area contributed by atoms with Crippen LogP contribution in [0.25, 0.3) is 0 Å². The third kappa shape index (κ3) is 5.27. The molecule has 18 heavy (non-hydrogen) atoms. The van der Waals surface area contributed by atoms with Crippen molar-refractivity contribution in [3.8, 4) is 0 Å². The highest BCUT2D eigenvalue weighted by atomic mass is 15.1. The summed E-state index contributed by atoms with van der Waals surface area (Å²) in [6, 6.07) is 0.646. The lowest BCUT2D eigenvalue weighted by Crippen LogP contribution is -2.42. The summed E-state index contributed by atoms with van der Waals surface area (Å²) >= 11 is 0. The van der Waals surface area contributed by atoms with E-state index in [9.17, 15) is 0 Å². The molecule has 1 saturated heterocycles. The molecule has 1 N–H and O–H groups in total. The van der Waals surface area contributed by atoms with Crippen molar-refractivity contribution in [3.63, 3.8) is 0 Å². The molecule has 0 amide bonds. The largest absolute Gasteiger partial charge is 0.314 e. The molecule has 1 rings (SSSR count). The fourth-order valence-electron chi connectivity index (χ4n) is 3.16. The van der Waals surface area contributed by atoms with E-state index in [1.807, 2.05) is 0 Å². The Bertz CT molecular complexity index is 220. The highest BCUT2D eigenvalue weighted by molar-refractivity contribution is 4.83. The average Bonchev–Trinajstić information content (AvgIpc) is 2.71. The molecule has 2 nitrogen and oxygen atoms in total. The lowest BCUT2D eigenvalue weighted by molar-refractivity contribution is 0.220. The lowest BCUT2D eigenvalue weighted by Gasteiger charge is -2.32. The number of likely N-dealkylation sites (tertiary alicyclic amines) is 1. The highest BCUT2D eigenvalue weighted by Gasteiger charge is 2.26. The van der Waals surface area contributed by atoms with Gasteiger partial charge in [0.05, 0.1) is 0 Å². The smallest absolute Gasteiger partial charge is 0.0128 e. The van der Waals surface area contributed by atoms with Gasteiger partial charge in [-0.1, -0.05) is 41.0 Å². The van der Waals surface area contributed by atoms with E-state index in [1.54, 1.807) is 0 Å². The maximum Gasteiger partial charge on any atom is 0.0128 e. The second kappa shape index (κ2) is 7.49. The number of nitrogens with zero attached hydrogens (tertiary/aromatic N) is 1. The van der Waals surface area contributed by atoms with Crippen LogP contribution in [0.1, 0.15) is 60.3 Å². The van der Waals surface area contributed by atoms with Crippen molar-refractivity contribution in [2.45, 2.75) is 66.3 Å². The summed E-state index contributed by atoms with van der Waals surface area (Å²) < 4.78 is 0. The summed E-state index contributed by atoms with van der Waals surface area (Å²) in [5, 5.41) is 3.66. The van der Waals surface area contributed by atoms with Gasteiger partial charge in [-0.15, -0.1) is 0 Å². The fourth-order valence-corrected chi connectivity index (χ4v) is 3.16. The third-order valence-electron chi connectivity index (χ3n) is 4.30. The van der Waals surface area contributed by atoms with Gasteiger partial charge in [-0.05, 0) is 50.2 Å². The number of hydrogen-bond acceptors (Lipinski definition) is 2. The van der Waals surface area contributed by atoms with E-state index >= 15 is 0 Å². The monoisotopic (exact) mass is 254 g/mol. The predicted molar refractivity (Wildman–Crippen MR) is 81.0 cm³/mol. The zero-order valence-corrected chi connectivity index (χ0v) is 13.3. The minimum Gasteiger partial charge on any atom is -0.314 e. The van der Waals surface area contributed by atoms with Crippen molar-refractivity contribution in [1.29, 1.82) is 0 Å². The molecule has 2 unspecified atom stereocenters. The van der Waals surface area contributed by atoms with Crippen molar-refractivity contribution in [2.24, 2.45) is 11.3 Å². The molecule has 0 aromatic rings. The van der Waals surface area contributed by atoms with Crippen LogP contribution in [0.2, 0.25) is 0 Å². The molecule has 2 heteroatoms. The molecule has 1 fully saturated rings. The maximum atomic E-state index is 3.66. The Labute approximate surface area is 115 Å². The Morgan fingerprint density at radius 1 is 1.28 bits per heavy atom. The molecule has 2 atom stereocenters. The Hall–Kier alpha value is -0.0800. The van der Waals surface area contributed by atoms with Gasteiger partial charge in [0.2, 0.25) is 0 Å². The fraction of sp³-hybridized carbons (Fsp3) is 1.00. The van der Waals surface area contributed by atoms with Crippen LogP contribution in [-0.2, 0) is 0 Å². The maximum absolute atomic E-state index is 3.66. The first-order valence-corrected chi connectivity index (χ1v) is 7.93. The van der Waals surface area contributed by atoms with Gasteiger partial charge in [0.15, 0.2) is 0 Å². The molecule has 0 radical (unpaired) electrons. The average molecular weight is 254 g/mol. The molecule has 0 saturated carbocycles. The second-order valence-electron chi connectivity index (χ2n) is 7.01. The Balaban J connectivity index is 2.30. The standard InChI is InChI=1S/C16H34N2/c1-6-8-14-9-11-18(13-14)12-10-15(17-7-2)16(3,4)5/h14-15,17H,6-13H2,1-5H3. The van der Waals surface area contributed by atoms with E-state index in [0.717, 1.165) is 12.5 Å². The highest BCUT2D eigenvalue weighted by Crippen LogP contribution is 2.25. The molecule has 0 spiro atoms. The van der Waals surface area contributed by atoms with Gasteiger partial charge in [0, 0.05) is 12.6 Å². The molecule has 0 bridgehead atoms. The molecule has 1 aliphatic rings. The first-order valence-electron chi connectivity index (χ1n) is 7.93. The van der Waals surface area contributed by atoms with Crippen molar-refractivity contribution in [1.82, 2.24) is 10.2 Å². The van der Waals surface area contributed by atoms with Gasteiger partial charge < -0.3 is 10.2 Å². The summed E-state index contributed by atoms with van der Waals surface area (Å²) in [6.45, 7) is 16.6. The first kappa shape index (κ1) is 16.0. The van der Waals surface area contributed by atoms with Crippen LogP contribution < -0.4 is 5.32 Å². The van der Waals surface area contributed by atoms with Crippen molar-refractivity contribution >= 4 is 0 Å². The predicted octanol–water partition coefficient (Wildman–Crippen LogP) is 3.52. The molecule has 0 aromatic carbocycles. The van der Waals surface area contributed by atoms with Crippen LogP contribution >= 0.6 is 0 Å². The summed E-state index contributed by atoms with van der Waals surface area (Å²) in [7, 11) is 0. The van der Waals surface area contributed by atoms with Gasteiger partial charge in [0.25, 0.3) is 0 Å². The van der Waals surface area contributed by atoms with Gasteiger partial charge in [0.1, 0.15) is 0 Å². The lowest BCUT2D eigenvalue weighted by atomic mass is 9.84. The van der Waals surface area contributed by atoms with Crippen LogP contribution in [0.4, 0.5) is 0 Å². The van der Waals surface area contributed by atoms with Crippen LogP contribution in [0.5, 0.6) is 0 Å². The minimum atomic E-state index is 0.374. The van der Waals surface area contributed by atoms with Crippen molar-refractivity contribution < 1.29 is 0 Å². The number of nitrogens with one attached hydrogen (secondary N) is 1. The zero-order chi connectivity index (χ0) is 13.6. The third-order valence-corrected chi connectivity index (χ3v) is 4.30. The van der Waals surface area contributed by atoms with Gasteiger partial charge >= 0.3 is 0 Å². The quantitative estimate of drug-likeness (QED) is 0.748. The molecular weight excluding hydrogens is 220 g/mol. The Morgan fingerprint density at radius 2 is 2.00 bits per heavy atom. The molecule has 1 heterocycles. The summed E-state index contributed by atoms with van der Waals surface area (Å²) in [4.78, 5) is 2.68. The summed E-state index contributed by atoms with van der Waals surface area (Å²) in [5.41, 5.74) is 0.374. The molecule has 108 valence electrons. The number of rotatable bonds is 7. The molecule has 0 aromatic heterocycles. The molecule has 1 aliphatic heterocycles. The van der Waals surface area contributed by atoms with E-state index in [1.165, 1.54) is 45.3 Å². The normalized spacial score (nSPS) is 23.5. The van der Waals surface area contributed by atoms with Gasteiger partial charge in [-0.2, -0.15) is 0 Å². The zero-order valence-electron chi connectivity index (χ0n) is 13.3. The Morgan fingerprint density at radius 3 is 2.56 bits per heavy atom.